The van der Waals surface area contributed by atoms with Gasteiger partial charge in [-0.3, -0.25) is 4.79 Å². The summed E-state index contributed by atoms with van der Waals surface area (Å²) in [6.45, 7) is 2.52. The summed E-state index contributed by atoms with van der Waals surface area (Å²) in [5.74, 6) is -1.85. The van der Waals surface area contributed by atoms with Crippen LogP contribution in [-0.2, 0) is 17.6 Å². The molecule has 7 heteroatoms. The first-order chi connectivity index (χ1) is 13.5. The molecule has 0 radical (unpaired) electrons. The van der Waals surface area contributed by atoms with Crippen LogP contribution in [0.3, 0.4) is 0 Å². The summed E-state index contributed by atoms with van der Waals surface area (Å²) < 4.78 is 31.2. The number of nitrogens with one attached hydrogen (secondary N) is 1. The lowest BCUT2D eigenvalue weighted by molar-refractivity contribution is -0.120. The highest BCUT2D eigenvalue weighted by Crippen LogP contribution is 2.24. The first-order valence-corrected chi connectivity index (χ1v) is 9.81. The van der Waals surface area contributed by atoms with E-state index in [1.807, 2.05) is 17.5 Å². The van der Waals surface area contributed by atoms with Gasteiger partial charge in [0.2, 0.25) is 5.91 Å². The van der Waals surface area contributed by atoms with Gasteiger partial charge in [0, 0.05) is 17.0 Å². The molecule has 0 atom stereocenters. The van der Waals surface area contributed by atoms with Crippen molar-refractivity contribution >= 4 is 17.2 Å². The molecule has 146 valence electrons. The Balaban J connectivity index is 1.44. The number of ether oxygens (including phenoxy) is 1. The maximum Gasteiger partial charge on any atom is 0.226 e. The topological polar surface area (TPSA) is 51.2 Å². The Morgan fingerprint density at radius 1 is 1.14 bits per heavy atom. The molecule has 2 aromatic carbocycles. The summed E-state index contributed by atoms with van der Waals surface area (Å²) >= 11 is 1.50. The average Bonchev–Trinajstić information content (AvgIpc) is 3.16. The lowest BCUT2D eigenvalue weighted by Crippen LogP contribution is -2.29. The number of amides is 1. The van der Waals surface area contributed by atoms with Gasteiger partial charge in [0.15, 0.2) is 11.6 Å². The fourth-order valence-electron chi connectivity index (χ4n) is 2.56. The molecule has 1 aromatic heterocycles. The second-order valence-electron chi connectivity index (χ2n) is 6.15. The van der Waals surface area contributed by atoms with Crippen molar-refractivity contribution in [3.63, 3.8) is 0 Å². The molecule has 1 heterocycles. The summed E-state index contributed by atoms with van der Waals surface area (Å²) in [7, 11) is 0. The van der Waals surface area contributed by atoms with E-state index < -0.39 is 11.6 Å². The molecule has 4 nitrogen and oxygen atoms in total. The zero-order valence-electron chi connectivity index (χ0n) is 15.4. The van der Waals surface area contributed by atoms with Crippen molar-refractivity contribution in [3.8, 4) is 16.3 Å². The van der Waals surface area contributed by atoms with E-state index in [0.29, 0.717) is 5.69 Å². The molecule has 0 fully saturated rings. The van der Waals surface area contributed by atoms with Gasteiger partial charge < -0.3 is 10.1 Å². The third kappa shape index (κ3) is 5.36. The highest BCUT2D eigenvalue weighted by atomic mass is 32.1. The van der Waals surface area contributed by atoms with Crippen molar-refractivity contribution < 1.29 is 18.3 Å². The average molecular weight is 402 g/mol. The monoisotopic (exact) mass is 402 g/mol. The Morgan fingerprint density at radius 3 is 2.64 bits per heavy atom. The molecule has 0 aliphatic carbocycles. The van der Waals surface area contributed by atoms with Crippen LogP contribution in [0.4, 0.5) is 8.78 Å². The van der Waals surface area contributed by atoms with E-state index in [0.717, 1.165) is 29.1 Å². The van der Waals surface area contributed by atoms with Crippen LogP contribution in [0, 0.1) is 11.6 Å². The Hall–Kier alpha value is -2.80. The van der Waals surface area contributed by atoms with E-state index in [2.05, 4.69) is 29.4 Å². The molecule has 1 amide bonds. The molecule has 0 aliphatic heterocycles. The summed E-state index contributed by atoms with van der Waals surface area (Å²) in [6.07, 6.45) is 1.16. The quantitative estimate of drug-likeness (QED) is 0.569. The number of thiazole rings is 1. The maximum atomic E-state index is 13.1. The number of nitrogens with zero attached hydrogens (tertiary/aromatic N) is 1. The second-order valence-corrected chi connectivity index (χ2v) is 7.00. The van der Waals surface area contributed by atoms with Crippen LogP contribution in [0.15, 0.2) is 47.8 Å². The number of aryl methyl sites for hydroxylation is 1. The minimum absolute atomic E-state index is 0.156. The van der Waals surface area contributed by atoms with Crippen molar-refractivity contribution in [2.75, 3.05) is 13.2 Å². The molecule has 3 aromatic rings. The van der Waals surface area contributed by atoms with Crippen LogP contribution >= 0.6 is 11.3 Å². The largest absolute Gasteiger partial charge is 0.492 e. The molecule has 0 spiro atoms. The molecule has 0 saturated carbocycles. The minimum atomic E-state index is -0.967. The lowest BCUT2D eigenvalue weighted by atomic mass is 10.1. The number of hydrogen-bond acceptors (Lipinski definition) is 4. The number of carbonyl (C=O) groups is 1. The molecule has 0 unspecified atom stereocenters. The van der Waals surface area contributed by atoms with E-state index in [1.54, 1.807) is 0 Å². The van der Waals surface area contributed by atoms with E-state index in [-0.39, 0.29) is 31.2 Å². The van der Waals surface area contributed by atoms with Gasteiger partial charge in [-0.05, 0) is 24.1 Å². The number of halogens is 2. The van der Waals surface area contributed by atoms with Crippen LogP contribution in [0.25, 0.3) is 10.6 Å². The van der Waals surface area contributed by atoms with Crippen molar-refractivity contribution in [2.45, 2.75) is 19.8 Å². The Kier molecular flexibility index (Phi) is 6.71. The summed E-state index contributed by atoms with van der Waals surface area (Å²) in [4.78, 5) is 16.6. The fourth-order valence-corrected chi connectivity index (χ4v) is 3.38. The first-order valence-electron chi connectivity index (χ1n) is 8.93. The van der Waals surface area contributed by atoms with E-state index >= 15 is 0 Å². The highest BCUT2D eigenvalue weighted by molar-refractivity contribution is 7.13. The summed E-state index contributed by atoms with van der Waals surface area (Å²) in [5.41, 5.74) is 3.01. The SMILES string of the molecule is CCc1ccc(-c2nc(CC(=O)NCCOc3ccc(F)c(F)c3)cs2)cc1. The van der Waals surface area contributed by atoms with Crippen LogP contribution in [-0.4, -0.2) is 24.0 Å². The van der Waals surface area contributed by atoms with Crippen LogP contribution in [0.5, 0.6) is 5.75 Å². The third-order valence-electron chi connectivity index (χ3n) is 4.09. The predicted octanol–water partition coefficient (Wildman–Crippen LogP) is 4.39. The number of benzene rings is 2. The molecule has 0 saturated heterocycles. The van der Waals surface area contributed by atoms with E-state index in [1.165, 1.54) is 23.0 Å². The lowest BCUT2D eigenvalue weighted by Gasteiger charge is -2.07. The zero-order chi connectivity index (χ0) is 19.9. The van der Waals surface area contributed by atoms with Gasteiger partial charge in [0.1, 0.15) is 17.4 Å². The predicted molar refractivity (Wildman–Crippen MR) is 105 cm³/mol. The van der Waals surface area contributed by atoms with Gasteiger partial charge in [-0.1, -0.05) is 31.2 Å². The minimum Gasteiger partial charge on any atom is -0.492 e. The molecule has 3 rings (SSSR count). The zero-order valence-corrected chi connectivity index (χ0v) is 16.2. The Morgan fingerprint density at radius 2 is 1.93 bits per heavy atom. The molecule has 28 heavy (non-hydrogen) atoms. The normalized spacial score (nSPS) is 10.7. The van der Waals surface area contributed by atoms with Gasteiger partial charge in [-0.2, -0.15) is 0 Å². The first kappa shape index (κ1) is 19.9. The van der Waals surface area contributed by atoms with Crippen LogP contribution in [0.1, 0.15) is 18.2 Å². The van der Waals surface area contributed by atoms with Crippen molar-refractivity contribution in [1.29, 1.82) is 0 Å². The van der Waals surface area contributed by atoms with Gasteiger partial charge in [-0.25, -0.2) is 13.8 Å². The van der Waals surface area contributed by atoms with Crippen molar-refractivity contribution in [2.24, 2.45) is 0 Å². The molecular weight excluding hydrogens is 382 g/mol. The number of carbonyl (C=O) groups excluding carboxylic acids is 1. The number of rotatable bonds is 8. The van der Waals surface area contributed by atoms with Gasteiger partial charge in [0.25, 0.3) is 0 Å². The number of aromatic nitrogens is 1. The van der Waals surface area contributed by atoms with Crippen LogP contribution < -0.4 is 10.1 Å². The van der Waals surface area contributed by atoms with Crippen molar-refractivity contribution in [3.05, 3.63) is 70.7 Å². The maximum absolute atomic E-state index is 13.1. The molecule has 1 N–H and O–H groups in total. The van der Waals surface area contributed by atoms with E-state index in [4.69, 9.17) is 4.74 Å². The van der Waals surface area contributed by atoms with Gasteiger partial charge in [-0.15, -0.1) is 11.3 Å². The Bertz CT molecular complexity index is 942. The van der Waals surface area contributed by atoms with Crippen LogP contribution in [0.2, 0.25) is 0 Å². The molecular formula is C21H20F2N2O2S. The van der Waals surface area contributed by atoms with Crippen molar-refractivity contribution in [1.82, 2.24) is 10.3 Å². The second kappa shape index (κ2) is 9.41. The summed E-state index contributed by atoms with van der Waals surface area (Å²) in [6, 6.07) is 11.5. The highest BCUT2D eigenvalue weighted by Gasteiger charge is 2.09. The Labute approximate surface area is 166 Å². The molecule has 0 bridgehead atoms. The molecule has 0 aliphatic rings. The fraction of sp³-hybridized carbons (Fsp3) is 0.238. The smallest absolute Gasteiger partial charge is 0.226 e. The van der Waals surface area contributed by atoms with E-state index in [9.17, 15) is 13.6 Å². The number of hydrogen-bond donors (Lipinski definition) is 1. The van der Waals surface area contributed by atoms with Gasteiger partial charge in [0.05, 0.1) is 18.7 Å². The third-order valence-corrected chi connectivity index (χ3v) is 5.03. The standard InChI is InChI=1S/C21H20F2N2O2S/c1-2-14-3-5-15(6-4-14)21-25-16(13-28-21)11-20(26)24-9-10-27-17-7-8-18(22)19(23)12-17/h3-8,12-13H,2,9-11H2,1H3,(H,24,26). The van der Waals surface area contributed by atoms with Gasteiger partial charge >= 0.3 is 0 Å². The summed E-state index contributed by atoms with van der Waals surface area (Å²) in [5, 5.41) is 5.48.